The minimum Gasteiger partial charge on any atom is -0.487 e. The third kappa shape index (κ3) is 5.19. The molecule has 1 atom stereocenters. The summed E-state index contributed by atoms with van der Waals surface area (Å²) in [5.74, 6) is 0.315. The number of aryl methyl sites for hydroxylation is 1. The van der Waals surface area contributed by atoms with Crippen LogP contribution in [0.1, 0.15) is 24.1 Å². The molecule has 0 spiro atoms. The van der Waals surface area contributed by atoms with Gasteiger partial charge in [0.2, 0.25) is 0 Å². The van der Waals surface area contributed by atoms with Gasteiger partial charge in [0.05, 0.1) is 6.04 Å². The molecule has 128 valence electrons. The molecule has 24 heavy (non-hydrogen) atoms. The fourth-order valence-corrected chi connectivity index (χ4v) is 2.09. The number of hydrogen-bond acceptors (Lipinski definition) is 3. The Kier molecular flexibility index (Phi) is 6.06. The van der Waals surface area contributed by atoms with Gasteiger partial charge in [0.15, 0.2) is 0 Å². The summed E-state index contributed by atoms with van der Waals surface area (Å²) < 4.78 is 29.6. The van der Waals surface area contributed by atoms with Gasteiger partial charge < -0.3 is 15.4 Å². The van der Waals surface area contributed by atoms with E-state index in [-0.39, 0.29) is 6.04 Å². The Labute approximate surface area is 139 Å². The smallest absolute Gasteiger partial charge is 0.319 e. The van der Waals surface area contributed by atoms with Crippen molar-refractivity contribution in [2.75, 3.05) is 11.9 Å². The lowest BCUT2D eigenvalue weighted by atomic mass is 10.1. The number of aromatic nitrogens is 1. The zero-order chi connectivity index (χ0) is 17.5. The van der Waals surface area contributed by atoms with E-state index < -0.39 is 19.1 Å². The number of nitrogens with zero attached hydrogens (tertiary/aromatic N) is 1. The van der Waals surface area contributed by atoms with Crippen LogP contribution in [0, 0.1) is 6.92 Å². The van der Waals surface area contributed by atoms with Crippen LogP contribution in [-0.2, 0) is 0 Å². The number of carbonyl (C=O) groups is 1. The molecule has 0 aliphatic rings. The summed E-state index contributed by atoms with van der Waals surface area (Å²) in [5, 5.41) is 5.45. The normalized spacial score (nSPS) is 11.9. The molecule has 0 saturated carbocycles. The van der Waals surface area contributed by atoms with E-state index in [0.717, 1.165) is 5.56 Å². The van der Waals surface area contributed by atoms with Gasteiger partial charge in [0, 0.05) is 24.1 Å². The van der Waals surface area contributed by atoms with Crippen LogP contribution in [0.5, 0.6) is 5.75 Å². The Balaban J connectivity index is 1.97. The van der Waals surface area contributed by atoms with Crippen LogP contribution in [-0.4, -0.2) is 24.0 Å². The minimum atomic E-state index is -2.55. The maximum absolute atomic E-state index is 12.3. The van der Waals surface area contributed by atoms with Crippen molar-refractivity contribution in [1.82, 2.24) is 10.3 Å². The number of amides is 2. The van der Waals surface area contributed by atoms with Crippen LogP contribution in [0.25, 0.3) is 0 Å². The first-order valence-electron chi connectivity index (χ1n) is 7.44. The molecular weight excluding hydrogens is 316 g/mol. The van der Waals surface area contributed by atoms with Crippen LogP contribution in [0.3, 0.4) is 0 Å². The molecule has 1 aromatic heterocycles. The number of hydrogen-bond donors (Lipinski definition) is 2. The quantitative estimate of drug-likeness (QED) is 0.841. The molecule has 1 aromatic carbocycles. The summed E-state index contributed by atoms with van der Waals surface area (Å²) >= 11 is 0. The minimum absolute atomic E-state index is 0.201. The lowest BCUT2D eigenvalue weighted by Crippen LogP contribution is -2.31. The lowest BCUT2D eigenvalue weighted by Gasteiger charge is -2.16. The number of urea groups is 1. The number of anilines is 1. The van der Waals surface area contributed by atoms with E-state index in [0.29, 0.717) is 17.0 Å². The third-order valence-corrected chi connectivity index (χ3v) is 3.36. The number of pyridine rings is 1. The zero-order valence-corrected chi connectivity index (χ0v) is 13.4. The topological polar surface area (TPSA) is 63.2 Å². The summed E-state index contributed by atoms with van der Waals surface area (Å²) in [6, 6.07) is 7.93. The number of ether oxygens (including phenoxy) is 1. The van der Waals surface area contributed by atoms with Gasteiger partial charge in [-0.25, -0.2) is 13.6 Å². The predicted octanol–water partition coefficient (Wildman–Crippen LogP) is 3.92. The van der Waals surface area contributed by atoms with E-state index >= 15 is 0 Å². The maximum atomic E-state index is 12.3. The van der Waals surface area contributed by atoms with Crippen molar-refractivity contribution in [2.24, 2.45) is 0 Å². The maximum Gasteiger partial charge on any atom is 0.319 e. The van der Waals surface area contributed by atoms with Crippen molar-refractivity contribution in [3.63, 3.8) is 0 Å². The number of halogens is 2. The van der Waals surface area contributed by atoms with Gasteiger partial charge in [-0.1, -0.05) is 6.07 Å². The molecule has 1 heterocycles. The molecule has 5 nitrogen and oxygen atoms in total. The van der Waals surface area contributed by atoms with E-state index in [2.05, 4.69) is 15.6 Å². The van der Waals surface area contributed by atoms with Crippen molar-refractivity contribution >= 4 is 11.7 Å². The van der Waals surface area contributed by atoms with E-state index in [1.807, 2.05) is 19.1 Å². The highest BCUT2D eigenvalue weighted by Gasteiger charge is 2.11. The van der Waals surface area contributed by atoms with Gasteiger partial charge in [-0.05, 0) is 43.2 Å². The summed E-state index contributed by atoms with van der Waals surface area (Å²) in [5.41, 5.74) is 2.10. The highest BCUT2D eigenvalue weighted by Crippen LogP contribution is 2.23. The molecule has 2 amide bonds. The van der Waals surface area contributed by atoms with Crippen LogP contribution in [0.4, 0.5) is 19.3 Å². The Morgan fingerprint density at radius 2 is 1.96 bits per heavy atom. The molecule has 0 aliphatic heterocycles. The summed E-state index contributed by atoms with van der Waals surface area (Å²) in [4.78, 5) is 16.0. The highest BCUT2D eigenvalue weighted by atomic mass is 19.3. The summed E-state index contributed by atoms with van der Waals surface area (Å²) in [6.45, 7) is 2.91. The molecule has 2 N–H and O–H groups in total. The van der Waals surface area contributed by atoms with Crippen molar-refractivity contribution in [3.8, 4) is 5.75 Å². The van der Waals surface area contributed by atoms with Gasteiger partial charge in [-0.2, -0.15) is 0 Å². The molecule has 2 rings (SSSR count). The highest BCUT2D eigenvalue weighted by molar-refractivity contribution is 5.89. The van der Waals surface area contributed by atoms with E-state index in [9.17, 15) is 13.6 Å². The second-order valence-electron chi connectivity index (χ2n) is 5.28. The average Bonchev–Trinajstić information content (AvgIpc) is 2.56. The van der Waals surface area contributed by atoms with Crippen molar-refractivity contribution < 1.29 is 18.3 Å². The molecule has 0 unspecified atom stereocenters. The van der Waals surface area contributed by atoms with E-state index in [1.54, 1.807) is 31.5 Å². The lowest BCUT2D eigenvalue weighted by molar-refractivity contribution is 0.0816. The third-order valence-electron chi connectivity index (χ3n) is 3.36. The Morgan fingerprint density at radius 1 is 1.25 bits per heavy atom. The molecule has 2 aromatic rings. The number of carbonyl (C=O) groups excluding carboxylic acids is 1. The average molecular weight is 335 g/mol. The molecule has 0 aliphatic carbocycles. The largest absolute Gasteiger partial charge is 0.487 e. The molecular formula is C17H19F2N3O2. The van der Waals surface area contributed by atoms with Gasteiger partial charge in [-0.15, -0.1) is 0 Å². The molecule has 0 bridgehead atoms. The van der Waals surface area contributed by atoms with Crippen molar-refractivity contribution in [3.05, 3.63) is 53.9 Å². The van der Waals surface area contributed by atoms with Crippen LogP contribution >= 0.6 is 0 Å². The van der Waals surface area contributed by atoms with E-state index in [1.165, 1.54) is 6.07 Å². The number of nitrogens with one attached hydrogen (secondary N) is 2. The zero-order valence-electron chi connectivity index (χ0n) is 13.4. The second kappa shape index (κ2) is 8.24. The molecule has 0 radical (unpaired) electrons. The first-order chi connectivity index (χ1) is 11.5. The van der Waals surface area contributed by atoms with Gasteiger partial charge in [-0.3, -0.25) is 4.98 Å². The fourth-order valence-electron chi connectivity index (χ4n) is 2.09. The Bertz CT molecular complexity index is 681. The number of alkyl halides is 2. The first-order valence-corrected chi connectivity index (χ1v) is 7.44. The second-order valence-corrected chi connectivity index (χ2v) is 5.28. The summed E-state index contributed by atoms with van der Waals surface area (Å²) in [6.07, 6.45) is 0.751. The van der Waals surface area contributed by atoms with Crippen LogP contribution < -0.4 is 15.4 Å². The van der Waals surface area contributed by atoms with E-state index in [4.69, 9.17) is 4.74 Å². The predicted molar refractivity (Wildman–Crippen MR) is 87.5 cm³/mol. The molecule has 7 heteroatoms. The van der Waals surface area contributed by atoms with Gasteiger partial charge in [0.1, 0.15) is 12.4 Å². The molecule has 0 saturated heterocycles. The summed E-state index contributed by atoms with van der Waals surface area (Å²) in [7, 11) is 0. The van der Waals surface area contributed by atoms with Gasteiger partial charge >= 0.3 is 6.03 Å². The Hall–Kier alpha value is -2.70. The van der Waals surface area contributed by atoms with Crippen LogP contribution in [0.15, 0.2) is 42.7 Å². The van der Waals surface area contributed by atoms with Gasteiger partial charge in [0.25, 0.3) is 6.43 Å². The standard InChI is InChI=1S/C17H19F2N3O2/c1-11-3-4-14(9-15(11)24-10-16(18)19)22-17(23)21-12(2)13-5-7-20-8-6-13/h3-9,12,16H,10H2,1-2H3,(H2,21,22,23)/t12-/m0/s1. The first kappa shape index (κ1) is 17.7. The van der Waals surface area contributed by atoms with Crippen molar-refractivity contribution in [1.29, 1.82) is 0 Å². The Morgan fingerprint density at radius 3 is 2.62 bits per heavy atom. The monoisotopic (exact) mass is 335 g/mol. The van der Waals surface area contributed by atoms with Crippen LogP contribution in [0.2, 0.25) is 0 Å². The molecule has 0 fully saturated rings. The fraction of sp³-hybridized carbons (Fsp3) is 0.294. The van der Waals surface area contributed by atoms with Crippen molar-refractivity contribution in [2.45, 2.75) is 26.3 Å². The number of benzene rings is 1. The number of rotatable bonds is 6. The SMILES string of the molecule is Cc1ccc(NC(=O)N[C@@H](C)c2ccncc2)cc1OCC(F)F.